The van der Waals surface area contributed by atoms with Crippen molar-refractivity contribution in [1.29, 1.82) is 5.26 Å². The van der Waals surface area contributed by atoms with Gasteiger partial charge in [-0.05, 0) is 33.1 Å². The van der Waals surface area contributed by atoms with Crippen LogP contribution in [-0.2, 0) is 0 Å². The molecule has 1 fully saturated rings. The maximum absolute atomic E-state index is 8.70. The molecular formula is C9H13N. The van der Waals surface area contributed by atoms with Crippen LogP contribution in [0.2, 0.25) is 0 Å². The van der Waals surface area contributed by atoms with Crippen LogP contribution in [0.5, 0.6) is 0 Å². The Kier molecular flexibility index (Phi) is 2.11. The molecule has 0 N–H and O–H groups in total. The summed E-state index contributed by atoms with van der Waals surface area (Å²) in [5.74, 6) is 0.241. The second-order valence-electron chi connectivity index (χ2n) is 3.10. The quantitative estimate of drug-likeness (QED) is 0.468. The van der Waals surface area contributed by atoms with Gasteiger partial charge in [0.05, 0.1) is 12.0 Å². The molecule has 0 spiro atoms. The molecule has 1 heteroatoms. The fourth-order valence-corrected chi connectivity index (χ4v) is 1.59. The fourth-order valence-electron chi connectivity index (χ4n) is 1.59. The number of hydrogen-bond donors (Lipinski definition) is 0. The first-order valence-electron chi connectivity index (χ1n) is 3.81. The van der Waals surface area contributed by atoms with E-state index in [-0.39, 0.29) is 5.92 Å². The van der Waals surface area contributed by atoms with E-state index in [1.54, 1.807) is 0 Å². The largest absolute Gasteiger partial charge is 0.198 e. The average molecular weight is 135 g/mol. The van der Waals surface area contributed by atoms with Gasteiger partial charge in [-0.1, -0.05) is 11.1 Å². The SMILES string of the molecule is CC(C)=C1CCCC1C#N. The van der Waals surface area contributed by atoms with Crippen LogP contribution in [-0.4, -0.2) is 0 Å². The molecule has 0 aromatic heterocycles. The summed E-state index contributed by atoms with van der Waals surface area (Å²) in [6.45, 7) is 4.20. The normalized spacial score (nSPS) is 24.5. The molecule has 0 amide bonds. The third-order valence-corrected chi connectivity index (χ3v) is 2.16. The molecule has 1 unspecified atom stereocenters. The highest BCUT2D eigenvalue weighted by molar-refractivity contribution is 5.22. The van der Waals surface area contributed by atoms with Crippen LogP contribution in [0.4, 0.5) is 0 Å². The van der Waals surface area contributed by atoms with E-state index in [4.69, 9.17) is 5.26 Å². The molecule has 54 valence electrons. The lowest BCUT2D eigenvalue weighted by atomic mass is 10.0. The van der Waals surface area contributed by atoms with Gasteiger partial charge in [0, 0.05) is 0 Å². The van der Waals surface area contributed by atoms with Crippen LogP contribution < -0.4 is 0 Å². The van der Waals surface area contributed by atoms with Crippen molar-refractivity contribution in [3.8, 4) is 6.07 Å². The molecule has 0 aliphatic heterocycles. The monoisotopic (exact) mass is 135 g/mol. The summed E-state index contributed by atoms with van der Waals surface area (Å²) in [5, 5.41) is 8.70. The van der Waals surface area contributed by atoms with Gasteiger partial charge in [-0.2, -0.15) is 5.26 Å². The van der Waals surface area contributed by atoms with Gasteiger partial charge in [0.15, 0.2) is 0 Å². The number of nitrogens with zero attached hydrogens (tertiary/aromatic N) is 1. The van der Waals surface area contributed by atoms with E-state index in [1.807, 2.05) is 0 Å². The minimum Gasteiger partial charge on any atom is -0.198 e. The van der Waals surface area contributed by atoms with Gasteiger partial charge in [0.1, 0.15) is 0 Å². The third-order valence-electron chi connectivity index (χ3n) is 2.16. The van der Waals surface area contributed by atoms with Gasteiger partial charge in [-0.15, -0.1) is 0 Å². The molecule has 1 saturated carbocycles. The smallest absolute Gasteiger partial charge is 0.0700 e. The third kappa shape index (κ3) is 1.21. The van der Waals surface area contributed by atoms with Crippen LogP contribution >= 0.6 is 0 Å². The molecule has 0 bridgehead atoms. The first kappa shape index (κ1) is 7.34. The van der Waals surface area contributed by atoms with Crippen molar-refractivity contribution in [2.24, 2.45) is 5.92 Å². The van der Waals surface area contributed by atoms with E-state index in [2.05, 4.69) is 19.9 Å². The molecule has 1 aliphatic carbocycles. The molecule has 1 atom stereocenters. The average Bonchev–Trinajstić information content (AvgIpc) is 2.33. The van der Waals surface area contributed by atoms with Crippen molar-refractivity contribution in [1.82, 2.24) is 0 Å². The van der Waals surface area contributed by atoms with Crippen molar-refractivity contribution >= 4 is 0 Å². The molecule has 1 nitrogen and oxygen atoms in total. The summed E-state index contributed by atoms with van der Waals surface area (Å²) in [6.07, 6.45) is 3.44. The summed E-state index contributed by atoms with van der Waals surface area (Å²) in [6, 6.07) is 2.34. The lowest BCUT2D eigenvalue weighted by Gasteiger charge is -2.02. The van der Waals surface area contributed by atoms with Gasteiger partial charge < -0.3 is 0 Å². The Bertz CT molecular complexity index is 191. The molecule has 0 heterocycles. The highest BCUT2D eigenvalue weighted by atomic mass is 14.3. The van der Waals surface area contributed by atoms with Crippen LogP contribution in [0, 0.1) is 17.2 Å². The minimum atomic E-state index is 0.241. The Labute approximate surface area is 62.4 Å². The van der Waals surface area contributed by atoms with Crippen LogP contribution in [0.3, 0.4) is 0 Å². The maximum Gasteiger partial charge on any atom is 0.0700 e. The van der Waals surface area contributed by atoms with Crippen LogP contribution in [0.1, 0.15) is 33.1 Å². The van der Waals surface area contributed by atoms with E-state index in [1.165, 1.54) is 17.6 Å². The highest BCUT2D eigenvalue weighted by Crippen LogP contribution is 2.32. The zero-order valence-electron chi connectivity index (χ0n) is 6.65. The molecule has 0 radical (unpaired) electrons. The van der Waals surface area contributed by atoms with E-state index in [0.29, 0.717) is 0 Å². The van der Waals surface area contributed by atoms with Gasteiger partial charge >= 0.3 is 0 Å². The molecule has 1 rings (SSSR count). The van der Waals surface area contributed by atoms with Gasteiger partial charge in [0.2, 0.25) is 0 Å². The standard InChI is InChI=1S/C9H13N/c1-7(2)9-5-3-4-8(9)6-10/h8H,3-5H2,1-2H3. The lowest BCUT2D eigenvalue weighted by Crippen LogP contribution is -1.93. The second-order valence-corrected chi connectivity index (χ2v) is 3.10. The predicted octanol–water partition coefficient (Wildman–Crippen LogP) is 2.65. The summed E-state index contributed by atoms with van der Waals surface area (Å²) in [5.41, 5.74) is 2.74. The molecule has 10 heavy (non-hydrogen) atoms. The number of allylic oxidation sites excluding steroid dienone is 2. The molecule has 0 aromatic rings. The first-order chi connectivity index (χ1) is 4.75. The summed E-state index contributed by atoms with van der Waals surface area (Å²) < 4.78 is 0. The van der Waals surface area contributed by atoms with Crippen LogP contribution in [0.15, 0.2) is 11.1 Å². The fraction of sp³-hybridized carbons (Fsp3) is 0.667. The van der Waals surface area contributed by atoms with Gasteiger partial charge in [-0.25, -0.2) is 0 Å². The van der Waals surface area contributed by atoms with E-state index in [9.17, 15) is 0 Å². The predicted molar refractivity (Wildman–Crippen MR) is 41.3 cm³/mol. The Morgan fingerprint density at radius 2 is 2.30 bits per heavy atom. The second kappa shape index (κ2) is 2.88. The lowest BCUT2D eigenvalue weighted by molar-refractivity contribution is 0.774. The van der Waals surface area contributed by atoms with Crippen molar-refractivity contribution < 1.29 is 0 Å². The van der Waals surface area contributed by atoms with E-state index in [0.717, 1.165) is 12.8 Å². The van der Waals surface area contributed by atoms with E-state index < -0.39 is 0 Å². The first-order valence-corrected chi connectivity index (χ1v) is 3.81. The van der Waals surface area contributed by atoms with Crippen molar-refractivity contribution in [3.05, 3.63) is 11.1 Å². The van der Waals surface area contributed by atoms with Crippen molar-refractivity contribution in [3.63, 3.8) is 0 Å². The molecule has 0 saturated heterocycles. The zero-order valence-corrected chi connectivity index (χ0v) is 6.65. The van der Waals surface area contributed by atoms with Crippen LogP contribution in [0.25, 0.3) is 0 Å². The summed E-state index contributed by atoms with van der Waals surface area (Å²) in [4.78, 5) is 0. The Morgan fingerprint density at radius 1 is 1.60 bits per heavy atom. The summed E-state index contributed by atoms with van der Waals surface area (Å²) in [7, 11) is 0. The van der Waals surface area contributed by atoms with Gasteiger partial charge in [0.25, 0.3) is 0 Å². The Hall–Kier alpha value is -0.770. The molecule has 0 aromatic carbocycles. The Balaban J connectivity index is 2.80. The molecule has 1 aliphatic rings. The van der Waals surface area contributed by atoms with Crippen molar-refractivity contribution in [2.45, 2.75) is 33.1 Å². The minimum absolute atomic E-state index is 0.241. The maximum atomic E-state index is 8.70. The Morgan fingerprint density at radius 3 is 2.70 bits per heavy atom. The highest BCUT2D eigenvalue weighted by Gasteiger charge is 2.20. The number of rotatable bonds is 0. The van der Waals surface area contributed by atoms with E-state index >= 15 is 0 Å². The van der Waals surface area contributed by atoms with Crippen molar-refractivity contribution in [2.75, 3.05) is 0 Å². The number of hydrogen-bond acceptors (Lipinski definition) is 1. The summed E-state index contributed by atoms with van der Waals surface area (Å²) >= 11 is 0. The molecular weight excluding hydrogens is 122 g/mol. The van der Waals surface area contributed by atoms with Gasteiger partial charge in [-0.3, -0.25) is 0 Å². The topological polar surface area (TPSA) is 23.8 Å². The zero-order chi connectivity index (χ0) is 7.56. The number of nitriles is 1.